The van der Waals surface area contributed by atoms with Crippen molar-refractivity contribution in [2.75, 3.05) is 5.32 Å². The number of carbonyl (C=O) groups excluding carboxylic acids is 1. The Hall–Kier alpha value is -3.71. The molecule has 0 aliphatic carbocycles. The van der Waals surface area contributed by atoms with E-state index in [2.05, 4.69) is 17.2 Å². The number of hydrogen-bond acceptors (Lipinski definition) is 5. The normalized spacial score (nSPS) is 10.9. The van der Waals surface area contributed by atoms with Gasteiger partial charge in [-0.3, -0.25) is 14.9 Å². The maximum Gasteiger partial charge on any atom is 0.270 e. The summed E-state index contributed by atoms with van der Waals surface area (Å²) in [6.07, 6.45) is 0.918. The monoisotopic (exact) mass is 421 g/mol. The van der Waals surface area contributed by atoms with Crippen LogP contribution in [0, 0.1) is 10.1 Å². The van der Waals surface area contributed by atoms with Crippen LogP contribution in [-0.2, 0) is 6.42 Å². The molecule has 30 heavy (non-hydrogen) atoms. The molecule has 0 bridgehead atoms. The fraction of sp³-hybridized carbons (Fsp3) is 0.0909. The van der Waals surface area contributed by atoms with E-state index >= 15 is 0 Å². The second kappa shape index (κ2) is 7.96. The number of nitro benzene ring substituents is 1. The van der Waals surface area contributed by atoms with Gasteiger partial charge in [0.25, 0.3) is 11.6 Å². The van der Waals surface area contributed by atoms with Gasteiger partial charge in [-0.25, -0.2) is 4.98 Å². The first kappa shape index (κ1) is 19.6. The molecular formula is C22H16ClN3O4. The lowest BCUT2D eigenvalue weighted by molar-refractivity contribution is -0.384. The van der Waals surface area contributed by atoms with Crippen molar-refractivity contribution >= 4 is 40.0 Å². The summed E-state index contributed by atoms with van der Waals surface area (Å²) in [7, 11) is 0. The van der Waals surface area contributed by atoms with Crippen molar-refractivity contribution in [1.82, 2.24) is 4.98 Å². The first-order valence-electron chi connectivity index (χ1n) is 9.20. The molecule has 0 radical (unpaired) electrons. The Morgan fingerprint density at radius 2 is 1.90 bits per heavy atom. The summed E-state index contributed by atoms with van der Waals surface area (Å²) in [6.45, 7) is 2.08. The van der Waals surface area contributed by atoms with Crippen LogP contribution in [-0.4, -0.2) is 15.8 Å². The Labute approximate surface area is 176 Å². The molecule has 0 fully saturated rings. The second-order valence-corrected chi connectivity index (χ2v) is 7.03. The number of carbonyl (C=O) groups is 1. The molecule has 1 aromatic heterocycles. The van der Waals surface area contributed by atoms with Crippen molar-refractivity contribution in [3.63, 3.8) is 0 Å². The van der Waals surface area contributed by atoms with Crippen molar-refractivity contribution in [3.05, 3.63) is 86.9 Å². The van der Waals surface area contributed by atoms with Crippen LogP contribution < -0.4 is 5.32 Å². The average molecular weight is 422 g/mol. The molecule has 1 N–H and O–H groups in total. The first-order valence-corrected chi connectivity index (χ1v) is 9.57. The number of oxazole rings is 1. The van der Waals surface area contributed by atoms with Gasteiger partial charge in [0.05, 0.1) is 15.5 Å². The summed E-state index contributed by atoms with van der Waals surface area (Å²) in [5.41, 5.74) is 3.77. The Morgan fingerprint density at radius 3 is 2.60 bits per heavy atom. The number of rotatable bonds is 5. The third kappa shape index (κ3) is 3.88. The summed E-state index contributed by atoms with van der Waals surface area (Å²) >= 11 is 6.02. The molecule has 1 heterocycles. The van der Waals surface area contributed by atoms with Crippen LogP contribution in [0.5, 0.6) is 0 Å². The summed E-state index contributed by atoms with van der Waals surface area (Å²) < 4.78 is 5.82. The van der Waals surface area contributed by atoms with Crippen LogP contribution in [0.2, 0.25) is 5.02 Å². The molecule has 3 aromatic carbocycles. The highest BCUT2D eigenvalue weighted by molar-refractivity contribution is 6.34. The van der Waals surface area contributed by atoms with Gasteiger partial charge >= 0.3 is 0 Å². The number of non-ortho nitro benzene ring substituents is 1. The third-order valence-electron chi connectivity index (χ3n) is 4.66. The maximum atomic E-state index is 12.5. The number of halogens is 1. The van der Waals surface area contributed by atoms with E-state index < -0.39 is 10.8 Å². The summed E-state index contributed by atoms with van der Waals surface area (Å²) in [4.78, 5) is 27.4. The van der Waals surface area contributed by atoms with Gasteiger partial charge in [0, 0.05) is 23.4 Å². The smallest absolute Gasteiger partial charge is 0.270 e. The van der Waals surface area contributed by atoms with Crippen LogP contribution in [0.3, 0.4) is 0 Å². The van der Waals surface area contributed by atoms with Crippen molar-refractivity contribution in [2.24, 2.45) is 0 Å². The van der Waals surface area contributed by atoms with E-state index in [0.29, 0.717) is 17.2 Å². The van der Waals surface area contributed by atoms with E-state index in [4.69, 9.17) is 16.0 Å². The quantitative estimate of drug-likeness (QED) is 0.321. The van der Waals surface area contributed by atoms with E-state index in [0.717, 1.165) is 23.6 Å². The number of nitrogens with one attached hydrogen (secondary N) is 1. The molecule has 4 aromatic rings. The number of hydrogen-bond donors (Lipinski definition) is 1. The van der Waals surface area contributed by atoms with E-state index in [1.807, 2.05) is 18.2 Å². The first-order chi connectivity index (χ1) is 14.4. The molecule has 0 spiro atoms. The molecule has 0 unspecified atom stereocenters. The third-order valence-corrected chi connectivity index (χ3v) is 4.98. The van der Waals surface area contributed by atoms with E-state index in [1.165, 1.54) is 17.7 Å². The lowest BCUT2D eigenvalue weighted by Gasteiger charge is -2.07. The van der Waals surface area contributed by atoms with Crippen LogP contribution in [0.1, 0.15) is 22.8 Å². The van der Waals surface area contributed by atoms with Gasteiger partial charge in [0.1, 0.15) is 5.52 Å². The number of benzene rings is 3. The van der Waals surface area contributed by atoms with Crippen LogP contribution in [0.15, 0.2) is 65.1 Å². The number of amides is 1. The lowest BCUT2D eigenvalue weighted by Crippen LogP contribution is -2.12. The van der Waals surface area contributed by atoms with E-state index in [-0.39, 0.29) is 16.3 Å². The number of aromatic nitrogens is 1. The summed E-state index contributed by atoms with van der Waals surface area (Å²) in [5.74, 6) is -0.0525. The second-order valence-electron chi connectivity index (χ2n) is 6.63. The SMILES string of the molecule is CCc1ccc2oc(-c3ccc(NC(=O)c4cc([N+](=O)[O-])ccc4Cl)cc3)nc2c1. The van der Waals surface area contributed by atoms with Crippen molar-refractivity contribution in [1.29, 1.82) is 0 Å². The fourth-order valence-corrected chi connectivity index (χ4v) is 3.22. The van der Waals surface area contributed by atoms with Gasteiger partial charge in [-0.15, -0.1) is 0 Å². The van der Waals surface area contributed by atoms with E-state index in [1.54, 1.807) is 24.3 Å². The molecule has 0 saturated heterocycles. The van der Waals surface area contributed by atoms with E-state index in [9.17, 15) is 14.9 Å². The number of fused-ring (bicyclic) bond motifs is 1. The van der Waals surface area contributed by atoms with Gasteiger partial charge in [-0.1, -0.05) is 24.6 Å². The van der Waals surface area contributed by atoms with Gasteiger partial charge in [0.15, 0.2) is 5.58 Å². The number of anilines is 1. The Morgan fingerprint density at radius 1 is 1.13 bits per heavy atom. The Balaban J connectivity index is 1.55. The zero-order valence-electron chi connectivity index (χ0n) is 15.9. The van der Waals surface area contributed by atoms with Crippen LogP contribution >= 0.6 is 11.6 Å². The molecule has 0 saturated carbocycles. The van der Waals surface area contributed by atoms with Crippen molar-refractivity contribution < 1.29 is 14.1 Å². The molecule has 4 rings (SSSR count). The van der Waals surface area contributed by atoms with Gasteiger partial charge in [0.2, 0.25) is 5.89 Å². The predicted molar refractivity (Wildman–Crippen MR) is 115 cm³/mol. The number of nitro groups is 1. The largest absolute Gasteiger partial charge is 0.436 e. The molecule has 0 aliphatic rings. The zero-order valence-corrected chi connectivity index (χ0v) is 16.6. The lowest BCUT2D eigenvalue weighted by atomic mass is 10.1. The summed E-state index contributed by atoms with van der Waals surface area (Å²) in [6, 6.07) is 16.6. The molecule has 7 nitrogen and oxygen atoms in total. The molecule has 8 heteroatoms. The molecule has 0 atom stereocenters. The molecule has 1 amide bonds. The number of nitrogens with zero attached hydrogens (tertiary/aromatic N) is 2. The zero-order chi connectivity index (χ0) is 21.3. The van der Waals surface area contributed by atoms with Crippen LogP contribution in [0.4, 0.5) is 11.4 Å². The number of aryl methyl sites for hydroxylation is 1. The highest BCUT2D eigenvalue weighted by Crippen LogP contribution is 2.27. The van der Waals surface area contributed by atoms with Crippen molar-refractivity contribution in [3.8, 4) is 11.5 Å². The highest BCUT2D eigenvalue weighted by Gasteiger charge is 2.16. The highest BCUT2D eigenvalue weighted by atomic mass is 35.5. The van der Waals surface area contributed by atoms with Gasteiger partial charge in [-0.2, -0.15) is 0 Å². The minimum Gasteiger partial charge on any atom is -0.436 e. The minimum absolute atomic E-state index is 0.0284. The molecule has 150 valence electrons. The van der Waals surface area contributed by atoms with Crippen LogP contribution in [0.25, 0.3) is 22.6 Å². The standard InChI is InChI=1S/C22H16ClN3O4/c1-2-13-3-10-20-19(11-13)25-22(30-20)14-4-6-15(7-5-14)24-21(27)17-12-16(26(28)29)8-9-18(17)23/h3-12H,2H2,1H3,(H,24,27). The Bertz CT molecular complexity index is 1270. The van der Waals surface area contributed by atoms with Gasteiger partial charge < -0.3 is 9.73 Å². The predicted octanol–water partition coefficient (Wildman–Crippen LogP) is 5.87. The van der Waals surface area contributed by atoms with Crippen molar-refractivity contribution in [2.45, 2.75) is 13.3 Å². The maximum absolute atomic E-state index is 12.5. The average Bonchev–Trinajstić information content (AvgIpc) is 3.17. The molecular weight excluding hydrogens is 406 g/mol. The van der Waals surface area contributed by atoms with Gasteiger partial charge in [-0.05, 0) is 54.4 Å². The topological polar surface area (TPSA) is 98.3 Å². The summed E-state index contributed by atoms with van der Waals surface area (Å²) in [5, 5.41) is 13.8. The minimum atomic E-state index is -0.578. The molecule has 0 aliphatic heterocycles. The fourth-order valence-electron chi connectivity index (χ4n) is 3.01. The Kier molecular flexibility index (Phi) is 5.20.